The van der Waals surface area contributed by atoms with Gasteiger partial charge >= 0.3 is 17.9 Å². The Hall–Kier alpha value is -4.10. The fourth-order valence-electron chi connectivity index (χ4n) is 3.96. The van der Waals surface area contributed by atoms with E-state index in [1.54, 1.807) is 54.6 Å². The highest BCUT2D eigenvalue weighted by Crippen LogP contribution is 2.31. The number of benzene rings is 3. The second kappa shape index (κ2) is 12.8. The lowest BCUT2D eigenvalue weighted by molar-refractivity contribution is -0.149. The monoisotopic (exact) mass is 570 g/mol. The molecule has 0 unspecified atom stereocenters. The van der Waals surface area contributed by atoms with Crippen LogP contribution in [0.25, 0.3) is 0 Å². The van der Waals surface area contributed by atoms with Gasteiger partial charge in [0.1, 0.15) is 12.7 Å². The normalized spacial score (nSPS) is 21.2. The van der Waals surface area contributed by atoms with E-state index in [-0.39, 0.29) is 16.7 Å². The summed E-state index contributed by atoms with van der Waals surface area (Å²) in [5.41, 5.74) is 0.490. The van der Waals surface area contributed by atoms with Gasteiger partial charge in [0.05, 0.1) is 22.9 Å². The highest BCUT2D eigenvalue weighted by molar-refractivity contribution is 7.86. The maximum absolute atomic E-state index is 13.0. The number of ether oxygens (including phenoxy) is 4. The summed E-state index contributed by atoms with van der Waals surface area (Å²) in [4.78, 5) is 38.5. The largest absolute Gasteiger partial charge is 0.458 e. The summed E-state index contributed by atoms with van der Waals surface area (Å²) in [6.07, 6.45) is -7.42. The van der Waals surface area contributed by atoms with Crippen molar-refractivity contribution in [2.75, 3.05) is 12.9 Å². The summed E-state index contributed by atoms with van der Waals surface area (Å²) in [6.45, 7) is -0.589. The molecule has 1 N–H and O–H groups in total. The van der Waals surface area contributed by atoms with Gasteiger partial charge in [-0.15, -0.1) is 0 Å². The number of esters is 3. The van der Waals surface area contributed by atoms with E-state index in [2.05, 4.69) is 0 Å². The van der Waals surface area contributed by atoms with Crippen LogP contribution in [-0.4, -0.2) is 75.0 Å². The molecule has 1 heterocycles. The van der Waals surface area contributed by atoms with Crippen LogP contribution in [0.5, 0.6) is 0 Å². The molecule has 210 valence electrons. The van der Waals surface area contributed by atoms with Crippen molar-refractivity contribution < 1.29 is 51.0 Å². The van der Waals surface area contributed by atoms with Crippen molar-refractivity contribution in [1.82, 2.24) is 0 Å². The van der Waals surface area contributed by atoms with E-state index >= 15 is 0 Å². The smallest absolute Gasteiger partial charge is 0.338 e. The molecule has 0 aromatic heterocycles. The molecule has 3 aromatic rings. The van der Waals surface area contributed by atoms with Crippen molar-refractivity contribution in [3.63, 3.8) is 0 Å². The van der Waals surface area contributed by atoms with Gasteiger partial charge in [0.15, 0.2) is 24.6 Å². The van der Waals surface area contributed by atoms with Gasteiger partial charge in [0, 0.05) is 0 Å². The van der Waals surface area contributed by atoms with Crippen LogP contribution in [0.15, 0.2) is 91.0 Å². The van der Waals surface area contributed by atoms with E-state index in [0.717, 1.165) is 6.26 Å². The maximum Gasteiger partial charge on any atom is 0.338 e. The Labute approximate surface area is 230 Å². The van der Waals surface area contributed by atoms with Gasteiger partial charge in [-0.25, -0.2) is 14.4 Å². The molecule has 4 rings (SSSR count). The van der Waals surface area contributed by atoms with E-state index in [9.17, 15) is 27.9 Å². The number of carbonyl (C=O) groups is 3. The highest BCUT2D eigenvalue weighted by Gasteiger charge is 2.53. The zero-order chi connectivity index (χ0) is 28.7. The fourth-order valence-corrected chi connectivity index (χ4v) is 4.57. The Bertz CT molecular complexity index is 1410. The zero-order valence-electron chi connectivity index (χ0n) is 21.2. The van der Waals surface area contributed by atoms with Crippen molar-refractivity contribution in [1.29, 1.82) is 0 Å². The van der Waals surface area contributed by atoms with Crippen molar-refractivity contribution in [3.8, 4) is 0 Å². The Balaban J connectivity index is 1.64. The van der Waals surface area contributed by atoms with Crippen LogP contribution in [0.3, 0.4) is 0 Å². The number of aliphatic hydroxyl groups excluding tert-OH is 1. The van der Waals surface area contributed by atoms with E-state index < -0.39 is 65.3 Å². The minimum absolute atomic E-state index is 0.120. The Kier molecular flexibility index (Phi) is 9.27. The molecule has 12 heteroatoms. The van der Waals surface area contributed by atoms with Gasteiger partial charge in [-0.2, -0.15) is 8.42 Å². The van der Waals surface area contributed by atoms with Crippen LogP contribution in [0, 0.1) is 0 Å². The molecule has 40 heavy (non-hydrogen) atoms. The van der Waals surface area contributed by atoms with E-state index in [1.165, 1.54) is 36.4 Å². The number of aliphatic hydroxyl groups is 1. The number of rotatable bonds is 10. The molecule has 1 fully saturated rings. The topological polar surface area (TPSA) is 152 Å². The average molecular weight is 571 g/mol. The molecule has 1 aliphatic rings. The lowest BCUT2D eigenvalue weighted by Crippen LogP contribution is -2.47. The van der Waals surface area contributed by atoms with Gasteiger partial charge in [0.25, 0.3) is 10.1 Å². The molecule has 0 radical (unpaired) electrons. The SMILES string of the molecule is CS(=O)(=O)O[C@@H]1[C@H](OC(=O)c2ccccc2)[C@H]([C@@H](COC(=O)c2ccccc2)OC(=O)c2ccccc2)O[C@H]1O. The molecule has 1 aliphatic heterocycles. The number of carbonyl (C=O) groups excluding carboxylic acids is 3. The molecule has 0 spiro atoms. The predicted molar refractivity (Wildman–Crippen MR) is 139 cm³/mol. The molecule has 0 aliphatic carbocycles. The third-order valence-corrected chi connectivity index (χ3v) is 6.36. The van der Waals surface area contributed by atoms with Crippen LogP contribution in [0.2, 0.25) is 0 Å². The summed E-state index contributed by atoms with van der Waals surface area (Å²) < 4.78 is 51.0. The minimum Gasteiger partial charge on any atom is -0.458 e. The maximum atomic E-state index is 13.0. The Morgan fingerprint density at radius 3 is 1.75 bits per heavy atom. The quantitative estimate of drug-likeness (QED) is 0.217. The second-order valence-electron chi connectivity index (χ2n) is 8.77. The first-order valence-electron chi connectivity index (χ1n) is 12.1. The highest BCUT2D eigenvalue weighted by atomic mass is 32.2. The molecule has 0 amide bonds. The summed E-state index contributed by atoms with van der Waals surface area (Å²) in [7, 11) is -4.18. The molecular formula is C28H26O11S. The summed E-state index contributed by atoms with van der Waals surface area (Å²) in [5.74, 6) is -2.47. The molecular weight excluding hydrogens is 544 g/mol. The van der Waals surface area contributed by atoms with Gasteiger partial charge in [-0.05, 0) is 36.4 Å². The van der Waals surface area contributed by atoms with Gasteiger partial charge in [-0.1, -0.05) is 54.6 Å². The van der Waals surface area contributed by atoms with E-state index in [4.69, 9.17) is 23.1 Å². The van der Waals surface area contributed by atoms with Crippen LogP contribution < -0.4 is 0 Å². The third-order valence-electron chi connectivity index (χ3n) is 5.79. The predicted octanol–water partition coefficient (Wildman–Crippen LogP) is 2.36. The van der Waals surface area contributed by atoms with Crippen LogP contribution >= 0.6 is 0 Å². The minimum atomic E-state index is -4.18. The van der Waals surface area contributed by atoms with Crippen molar-refractivity contribution >= 4 is 28.0 Å². The van der Waals surface area contributed by atoms with Gasteiger partial charge in [0.2, 0.25) is 0 Å². The second-order valence-corrected chi connectivity index (χ2v) is 10.4. The van der Waals surface area contributed by atoms with Crippen LogP contribution in [-0.2, 0) is 33.2 Å². The summed E-state index contributed by atoms with van der Waals surface area (Å²) in [5, 5.41) is 10.6. The summed E-state index contributed by atoms with van der Waals surface area (Å²) in [6, 6.07) is 23.7. The van der Waals surface area contributed by atoms with E-state index in [1.807, 2.05) is 0 Å². The standard InChI is InChI=1S/C28H26O11S/c1-40(33,34)39-24-23(38-27(31)20-15-9-4-10-16-20)22(37-28(24)32)21(36-26(30)19-13-7-3-8-14-19)17-35-25(29)18-11-5-2-6-12-18/h2-16,21-24,28,32H,17H2,1H3/t21-,22+,23-,24-,28-/m1/s1. The zero-order valence-corrected chi connectivity index (χ0v) is 22.0. The van der Waals surface area contributed by atoms with E-state index in [0.29, 0.717) is 0 Å². The Morgan fingerprint density at radius 2 is 1.25 bits per heavy atom. The average Bonchev–Trinajstić information content (AvgIpc) is 3.25. The molecule has 0 bridgehead atoms. The van der Waals surface area contributed by atoms with Crippen molar-refractivity contribution in [3.05, 3.63) is 108 Å². The fraction of sp³-hybridized carbons (Fsp3) is 0.250. The first kappa shape index (κ1) is 28.9. The third kappa shape index (κ3) is 7.51. The summed E-state index contributed by atoms with van der Waals surface area (Å²) >= 11 is 0. The molecule has 3 aromatic carbocycles. The molecule has 5 atom stereocenters. The first-order valence-corrected chi connectivity index (χ1v) is 13.9. The van der Waals surface area contributed by atoms with Gasteiger partial charge in [-0.3, -0.25) is 4.18 Å². The Morgan fingerprint density at radius 1 is 0.775 bits per heavy atom. The van der Waals surface area contributed by atoms with Crippen molar-refractivity contribution in [2.45, 2.75) is 30.7 Å². The lowest BCUT2D eigenvalue weighted by Gasteiger charge is -2.28. The molecule has 11 nitrogen and oxygen atoms in total. The number of hydrogen-bond acceptors (Lipinski definition) is 11. The number of hydrogen-bond donors (Lipinski definition) is 1. The first-order chi connectivity index (χ1) is 19.1. The lowest BCUT2D eigenvalue weighted by atomic mass is 10.1. The molecule has 0 saturated carbocycles. The molecule has 1 saturated heterocycles. The van der Waals surface area contributed by atoms with Gasteiger partial charge < -0.3 is 24.1 Å². The van der Waals surface area contributed by atoms with Crippen molar-refractivity contribution in [2.24, 2.45) is 0 Å². The van der Waals surface area contributed by atoms with Crippen LogP contribution in [0.1, 0.15) is 31.1 Å². The van der Waals surface area contributed by atoms with Crippen LogP contribution in [0.4, 0.5) is 0 Å².